The van der Waals surface area contributed by atoms with Gasteiger partial charge in [0.05, 0.1) is 11.2 Å². The standard InChI is InChI=1S/C13H16N2/c1-4-9(3)13-11-8-10(5-2)6-7-12(11)14-15-13/h4,6-8H,5H2,1-3H3,(H,14,15)/b9-4+. The van der Waals surface area contributed by atoms with Crippen LogP contribution in [-0.4, -0.2) is 10.2 Å². The molecule has 1 aromatic heterocycles. The summed E-state index contributed by atoms with van der Waals surface area (Å²) in [5, 5.41) is 8.64. The number of nitrogens with zero attached hydrogens (tertiary/aromatic N) is 1. The molecule has 0 aliphatic heterocycles. The third-order valence-corrected chi connectivity index (χ3v) is 2.84. The van der Waals surface area contributed by atoms with Crippen molar-refractivity contribution in [2.24, 2.45) is 0 Å². The van der Waals surface area contributed by atoms with Crippen LogP contribution in [0.3, 0.4) is 0 Å². The summed E-state index contributed by atoms with van der Waals surface area (Å²) < 4.78 is 0. The first-order valence-electron chi connectivity index (χ1n) is 5.36. The molecule has 0 bridgehead atoms. The average Bonchev–Trinajstić information content (AvgIpc) is 2.70. The minimum atomic E-state index is 1.06. The van der Waals surface area contributed by atoms with Crippen LogP contribution in [0.1, 0.15) is 32.0 Å². The number of rotatable bonds is 2. The maximum atomic E-state index is 4.35. The third kappa shape index (κ3) is 1.67. The van der Waals surface area contributed by atoms with Gasteiger partial charge in [0.15, 0.2) is 0 Å². The van der Waals surface area contributed by atoms with Crippen molar-refractivity contribution in [3.63, 3.8) is 0 Å². The van der Waals surface area contributed by atoms with E-state index in [1.807, 2.05) is 6.92 Å². The Morgan fingerprint density at radius 2 is 2.27 bits per heavy atom. The molecule has 15 heavy (non-hydrogen) atoms. The molecule has 2 aromatic rings. The van der Waals surface area contributed by atoms with Crippen LogP contribution >= 0.6 is 0 Å². The van der Waals surface area contributed by atoms with Gasteiger partial charge in [0.1, 0.15) is 0 Å². The molecular weight excluding hydrogens is 184 g/mol. The van der Waals surface area contributed by atoms with Crippen molar-refractivity contribution in [2.75, 3.05) is 0 Å². The van der Waals surface area contributed by atoms with Crippen LogP contribution < -0.4 is 0 Å². The van der Waals surface area contributed by atoms with E-state index in [0.29, 0.717) is 0 Å². The van der Waals surface area contributed by atoms with Crippen LogP contribution in [0, 0.1) is 0 Å². The van der Waals surface area contributed by atoms with Gasteiger partial charge >= 0.3 is 0 Å². The summed E-state index contributed by atoms with van der Waals surface area (Å²) in [6.45, 7) is 6.30. The molecule has 0 unspecified atom stereocenters. The summed E-state index contributed by atoms with van der Waals surface area (Å²) in [5.74, 6) is 0. The Labute approximate surface area is 90.0 Å². The van der Waals surface area contributed by atoms with Gasteiger partial charge in [0.25, 0.3) is 0 Å². The maximum absolute atomic E-state index is 4.35. The summed E-state index contributed by atoms with van der Waals surface area (Å²) in [6, 6.07) is 6.48. The quantitative estimate of drug-likeness (QED) is 0.789. The molecule has 0 saturated heterocycles. The number of aryl methyl sites for hydroxylation is 1. The zero-order chi connectivity index (χ0) is 10.8. The monoisotopic (exact) mass is 200 g/mol. The molecule has 1 aromatic carbocycles. The van der Waals surface area contributed by atoms with Gasteiger partial charge in [-0.05, 0) is 43.5 Å². The lowest BCUT2D eigenvalue weighted by atomic mass is 10.1. The number of fused-ring (bicyclic) bond motifs is 1. The van der Waals surface area contributed by atoms with E-state index in [-0.39, 0.29) is 0 Å². The number of aromatic amines is 1. The minimum absolute atomic E-state index is 1.06. The molecule has 0 radical (unpaired) electrons. The van der Waals surface area contributed by atoms with E-state index in [4.69, 9.17) is 0 Å². The Morgan fingerprint density at radius 3 is 2.93 bits per heavy atom. The van der Waals surface area contributed by atoms with Crippen molar-refractivity contribution in [1.82, 2.24) is 10.2 Å². The van der Waals surface area contributed by atoms with Gasteiger partial charge in [-0.3, -0.25) is 5.10 Å². The summed E-state index contributed by atoms with van der Waals surface area (Å²) in [4.78, 5) is 0. The number of aromatic nitrogens is 2. The second-order valence-electron chi connectivity index (χ2n) is 3.78. The molecule has 2 heteroatoms. The van der Waals surface area contributed by atoms with E-state index in [9.17, 15) is 0 Å². The fraction of sp³-hybridized carbons (Fsp3) is 0.308. The summed E-state index contributed by atoms with van der Waals surface area (Å²) in [7, 11) is 0. The highest BCUT2D eigenvalue weighted by atomic mass is 15.1. The van der Waals surface area contributed by atoms with Crippen molar-refractivity contribution in [3.05, 3.63) is 35.5 Å². The van der Waals surface area contributed by atoms with Crippen molar-refractivity contribution >= 4 is 16.5 Å². The van der Waals surface area contributed by atoms with E-state index in [2.05, 4.69) is 48.3 Å². The number of hydrogen-bond donors (Lipinski definition) is 1. The molecule has 0 aliphatic rings. The molecule has 0 saturated carbocycles. The van der Waals surface area contributed by atoms with Crippen molar-refractivity contribution in [3.8, 4) is 0 Å². The fourth-order valence-electron chi connectivity index (χ4n) is 1.72. The van der Waals surface area contributed by atoms with Crippen LogP contribution in [0.5, 0.6) is 0 Å². The van der Waals surface area contributed by atoms with Gasteiger partial charge in [-0.1, -0.05) is 19.1 Å². The number of benzene rings is 1. The Morgan fingerprint density at radius 1 is 1.47 bits per heavy atom. The highest BCUT2D eigenvalue weighted by Gasteiger charge is 2.06. The van der Waals surface area contributed by atoms with Gasteiger partial charge in [-0.15, -0.1) is 0 Å². The lowest BCUT2D eigenvalue weighted by Crippen LogP contribution is -1.82. The average molecular weight is 200 g/mol. The molecule has 2 rings (SSSR count). The summed E-state index contributed by atoms with van der Waals surface area (Å²) in [5.41, 5.74) is 4.76. The highest BCUT2D eigenvalue weighted by Crippen LogP contribution is 2.23. The van der Waals surface area contributed by atoms with Crippen LogP contribution in [0.15, 0.2) is 24.3 Å². The van der Waals surface area contributed by atoms with E-state index in [0.717, 1.165) is 17.6 Å². The number of allylic oxidation sites excluding steroid dienone is 2. The molecule has 0 aliphatic carbocycles. The van der Waals surface area contributed by atoms with Gasteiger partial charge in [0, 0.05) is 5.39 Å². The van der Waals surface area contributed by atoms with E-state index >= 15 is 0 Å². The van der Waals surface area contributed by atoms with Crippen LogP contribution in [0.25, 0.3) is 16.5 Å². The van der Waals surface area contributed by atoms with Gasteiger partial charge in [0.2, 0.25) is 0 Å². The van der Waals surface area contributed by atoms with Crippen LogP contribution in [0.4, 0.5) is 0 Å². The molecule has 0 amide bonds. The van der Waals surface area contributed by atoms with Crippen LogP contribution in [0.2, 0.25) is 0 Å². The lowest BCUT2D eigenvalue weighted by molar-refractivity contribution is 1.10. The highest BCUT2D eigenvalue weighted by molar-refractivity contribution is 5.90. The smallest absolute Gasteiger partial charge is 0.0953 e. The van der Waals surface area contributed by atoms with Gasteiger partial charge < -0.3 is 0 Å². The van der Waals surface area contributed by atoms with Crippen molar-refractivity contribution in [1.29, 1.82) is 0 Å². The first-order chi connectivity index (χ1) is 7.26. The topological polar surface area (TPSA) is 28.7 Å². The summed E-state index contributed by atoms with van der Waals surface area (Å²) >= 11 is 0. The van der Waals surface area contributed by atoms with Gasteiger partial charge in [-0.2, -0.15) is 5.10 Å². The predicted molar refractivity (Wildman–Crippen MR) is 64.8 cm³/mol. The lowest BCUT2D eigenvalue weighted by Gasteiger charge is -1.98. The predicted octanol–water partition coefficient (Wildman–Crippen LogP) is 3.55. The largest absolute Gasteiger partial charge is 0.277 e. The third-order valence-electron chi connectivity index (χ3n) is 2.84. The SMILES string of the molecule is C/C=C(\C)c1n[nH]c2ccc(CC)cc12. The molecule has 1 N–H and O–H groups in total. The molecule has 1 heterocycles. The normalized spacial score (nSPS) is 12.3. The first-order valence-corrected chi connectivity index (χ1v) is 5.36. The van der Waals surface area contributed by atoms with E-state index in [1.54, 1.807) is 0 Å². The number of hydrogen-bond acceptors (Lipinski definition) is 1. The zero-order valence-corrected chi connectivity index (χ0v) is 9.46. The second kappa shape index (κ2) is 3.89. The minimum Gasteiger partial charge on any atom is -0.277 e. The molecule has 0 atom stereocenters. The number of nitrogens with one attached hydrogen (secondary N) is 1. The van der Waals surface area contributed by atoms with Crippen molar-refractivity contribution in [2.45, 2.75) is 27.2 Å². The summed E-state index contributed by atoms with van der Waals surface area (Å²) in [6.07, 6.45) is 3.16. The molecular formula is C13H16N2. The second-order valence-corrected chi connectivity index (χ2v) is 3.78. The van der Waals surface area contributed by atoms with E-state index in [1.165, 1.54) is 16.5 Å². The van der Waals surface area contributed by atoms with E-state index < -0.39 is 0 Å². The Balaban J connectivity index is 2.66. The maximum Gasteiger partial charge on any atom is 0.0953 e. The Bertz CT molecular complexity index is 506. The first kappa shape index (κ1) is 9.97. The Hall–Kier alpha value is -1.57. The molecule has 2 nitrogen and oxygen atoms in total. The Kier molecular flexibility index (Phi) is 2.58. The van der Waals surface area contributed by atoms with Gasteiger partial charge in [-0.25, -0.2) is 0 Å². The fourth-order valence-corrected chi connectivity index (χ4v) is 1.72. The zero-order valence-electron chi connectivity index (χ0n) is 9.46. The van der Waals surface area contributed by atoms with Crippen LogP contribution in [-0.2, 0) is 6.42 Å². The van der Waals surface area contributed by atoms with Crippen molar-refractivity contribution < 1.29 is 0 Å². The molecule has 0 spiro atoms. The number of H-pyrrole nitrogens is 1. The molecule has 0 fully saturated rings. The molecule has 78 valence electrons.